The zero-order valence-electron chi connectivity index (χ0n) is 10.6. The minimum atomic E-state index is -0.682. The summed E-state index contributed by atoms with van der Waals surface area (Å²) in [5, 5.41) is 19.1. The Morgan fingerprint density at radius 2 is 2.10 bits per heavy atom. The Balaban J connectivity index is 2.46. The van der Waals surface area contributed by atoms with Crippen LogP contribution < -0.4 is 0 Å². The summed E-state index contributed by atoms with van der Waals surface area (Å²) in [6.07, 6.45) is 2.56. The standard InChI is InChI=1S/C14H12F2N2O2/c1-8-14(20)11(9(7-19)5-17-8)6-18-13-4-10(15)2-3-12(13)16/h2-6,19-20H,7H2,1H3. The molecule has 0 aliphatic rings. The fourth-order valence-electron chi connectivity index (χ4n) is 1.64. The van der Waals surface area contributed by atoms with E-state index in [2.05, 4.69) is 9.98 Å². The van der Waals surface area contributed by atoms with Gasteiger partial charge >= 0.3 is 0 Å². The van der Waals surface area contributed by atoms with E-state index in [-0.39, 0.29) is 23.6 Å². The van der Waals surface area contributed by atoms with Gasteiger partial charge in [0, 0.05) is 29.6 Å². The molecule has 1 aromatic heterocycles. The van der Waals surface area contributed by atoms with Gasteiger partial charge in [0.05, 0.1) is 12.3 Å². The highest BCUT2D eigenvalue weighted by Gasteiger charge is 2.10. The predicted molar refractivity (Wildman–Crippen MR) is 70.2 cm³/mol. The van der Waals surface area contributed by atoms with Gasteiger partial charge in [-0.1, -0.05) is 0 Å². The minimum absolute atomic E-state index is 0.155. The van der Waals surface area contributed by atoms with Gasteiger partial charge in [0.1, 0.15) is 23.1 Å². The zero-order chi connectivity index (χ0) is 14.7. The third kappa shape index (κ3) is 2.80. The molecule has 4 nitrogen and oxygen atoms in total. The SMILES string of the molecule is Cc1ncc(CO)c(C=Nc2cc(F)ccc2F)c1O. The van der Waals surface area contributed by atoms with E-state index in [0.29, 0.717) is 11.3 Å². The summed E-state index contributed by atoms with van der Waals surface area (Å²) in [6.45, 7) is 1.23. The van der Waals surface area contributed by atoms with E-state index in [1.165, 1.54) is 12.4 Å². The number of aromatic hydroxyl groups is 1. The van der Waals surface area contributed by atoms with E-state index in [4.69, 9.17) is 0 Å². The molecule has 2 rings (SSSR count). The number of hydrogen-bond donors (Lipinski definition) is 2. The van der Waals surface area contributed by atoms with Crippen molar-refractivity contribution in [3.8, 4) is 5.75 Å². The molecular weight excluding hydrogens is 266 g/mol. The van der Waals surface area contributed by atoms with Gasteiger partial charge in [0.15, 0.2) is 0 Å². The Labute approximate surface area is 114 Å². The van der Waals surface area contributed by atoms with Crippen LogP contribution >= 0.6 is 0 Å². The summed E-state index contributed by atoms with van der Waals surface area (Å²) in [5.41, 5.74) is 0.725. The van der Waals surface area contributed by atoms with Crippen LogP contribution in [0.2, 0.25) is 0 Å². The molecule has 20 heavy (non-hydrogen) atoms. The van der Waals surface area contributed by atoms with Crippen molar-refractivity contribution < 1.29 is 19.0 Å². The molecule has 2 aromatic rings. The van der Waals surface area contributed by atoms with Crippen LogP contribution in [0.5, 0.6) is 5.75 Å². The van der Waals surface area contributed by atoms with Crippen molar-refractivity contribution in [2.45, 2.75) is 13.5 Å². The topological polar surface area (TPSA) is 65.7 Å². The van der Waals surface area contributed by atoms with Crippen LogP contribution in [-0.4, -0.2) is 21.4 Å². The number of nitrogens with zero attached hydrogens (tertiary/aromatic N) is 2. The van der Waals surface area contributed by atoms with Crippen molar-refractivity contribution in [2.75, 3.05) is 0 Å². The highest BCUT2D eigenvalue weighted by Crippen LogP contribution is 2.24. The molecule has 0 saturated carbocycles. The predicted octanol–water partition coefficient (Wildman–Crippen LogP) is 2.62. The summed E-state index contributed by atoms with van der Waals surface area (Å²) in [6, 6.07) is 2.89. The minimum Gasteiger partial charge on any atom is -0.505 e. The molecule has 0 unspecified atom stereocenters. The molecule has 0 amide bonds. The molecule has 0 spiro atoms. The summed E-state index contributed by atoms with van der Waals surface area (Å²) in [4.78, 5) is 7.70. The Hall–Kier alpha value is -2.34. The summed E-state index contributed by atoms with van der Waals surface area (Å²) in [5.74, 6) is -1.45. The maximum Gasteiger partial charge on any atom is 0.149 e. The van der Waals surface area contributed by atoms with Gasteiger partial charge in [0.2, 0.25) is 0 Å². The monoisotopic (exact) mass is 278 g/mol. The lowest BCUT2D eigenvalue weighted by molar-refractivity contribution is 0.280. The van der Waals surface area contributed by atoms with Crippen LogP contribution in [0.25, 0.3) is 0 Å². The summed E-state index contributed by atoms with van der Waals surface area (Å²) < 4.78 is 26.5. The highest BCUT2D eigenvalue weighted by atomic mass is 19.1. The van der Waals surface area contributed by atoms with Gasteiger partial charge in [0.25, 0.3) is 0 Å². The normalized spacial score (nSPS) is 11.2. The molecule has 0 saturated heterocycles. The number of halogens is 2. The number of aryl methyl sites for hydroxylation is 1. The number of rotatable bonds is 3. The van der Waals surface area contributed by atoms with Crippen LogP contribution in [0.15, 0.2) is 29.4 Å². The van der Waals surface area contributed by atoms with Crippen molar-refractivity contribution in [3.63, 3.8) is 0 Å². The lowest BCUT2D eigenvalue weighted by atomic mass is 10.1. The first-order valence-electron chi connectivity index (χ1n) is 5.80. The quantitative estimate of drug-likeness (QED) is 0.848. The van der Waals surface area contributed by atoms with Gasteiger partial charge in [-0.2, -0.15) is 0 Å². The molecule has 0 fully saturated rings. The average Bonchev–Trinajstić information content (AvgIpc) is 2.44. The molecule has 1 aromatic carbocycles. The number of benzene rings is 1. The molecule has 0 atom stereocenters. The van der Waals surface area contributed by atoms with E-state index >= 15 is 0 Å². The molecule has 1 heterocycles. The molecule has 6 heteroatoms. The number of aliphatic imine (C=N–C) groups is 1. The van der Waals surface area contributed by atoms with Crippen LogP contribution in [0.4, 0.5) is 14.5 Å². The highest BCUT2D eigenvalue weighted by molar-refractivity contribution is 5.87. The third-order valence-electron chi connectivity index (χ3n) is 2.77. The Bertz CT molecular complexity index is 672. The van der Waals surface area contributed by atoms with Crippen LogP contribution in [0.3, 0.4) is 0 Å². The van der Waals surface area contributed by atoms with Gasteiger partial charge in [-0.15, -0.1) is 0 Å². The molecular formula is C14H12F2N2O2. The first kappa shape index (κ1) is 14.1. The third-order valence-corrected chi connectivity index (χ3v) is 2.77. The van der Waals surface area contributed by atoms with Gasteiger partial charge < -0.3 is 10.2 Å². The lowest BCUT2D eigenvalue weighted by Crippen LogP contribution is -1.97. The van der Waals surface area contributed by atoms with Crippen LogP contribution in [0, 0.1) is 18.6 Å². The number of aliphatic hydroxyl groups is 1. The van der Waals surface area contributed by atoms with Gasteiger partial charge in [-0.25, -0.2) is 8.78 Å². The molecule has 0 aliphatic heterocycles. The summed E-state index contributed by atoms with van der Waals surface area (Å²) >= 11 is 0. The van der Waals surface area contributed by atoms with E-state index in [0.717, 1.165) is 18.2 Å². The zero-order valence-corrected chi connectivity index (χ0v) is 10.6. The Morgan fingerprint density at radius 3 is 2.80 bits per heavy atom. The Morgan fingerprint density at radius 1 is 1.35 bits per heavy atom. The smallest absolute Gasteiger partial charge is 0.149 e. The average molecular weight is 278 g/mol. The maximum absolute atomic E-state index is 13.4. The first-order valence-corrected chi connectivity index (χ1v) is 5.80. The van der Waals surface area contributed by atoms with Crippen molar-refractivity contribution >= 4 is 11.9 Å². The van der Waals surface area contributed by atoms with E-state index in [1.807, 2.05) is 0 Å². The van der Waals surface area contributed by atoms with Crippen LogP contribution in [0.1, 0.15) is 16.8 Å². The molecule has 0 bridgehead atoms. The second-order valence-corrected chi connectivity index (χ2v) is 4.14. The van der Waals surface area contributed by atoms with E-state index < -0.39 is 11.6 Å². The van der Waals surface area contributed by atoms with Crippen LogP contribution in [-0.2, 0) is 6.61 Å². The fraction of sp³-hybridized carbons (Fsp3) is 0.143. The van der Waals surface area contributed by atoms with Gasteiger partial charge in [-0.05, 0) is 19.1 Å². The summed E-state index contributed by atoms with van der Waals surface area (Å²) in [7, 11) is 0. The molecule has 104 valence electrons. The van der Waals surface area contributed by atoms with Crippen molar-refractivity contribution in [1.82, 2.24) is 4.98 Å². The fourth-order valence-corrected chi connectivity index (χ4v) is 1.64. The van der Waals surface area contributed by atoms with Crippen molar-refractivity contribution in [1.29, 1.82) is 0 Å². The van der Waals surface area contributed by atoms with E-state index in [1.54, 1.807) is 6.92 Å². The maximum atomic E-state index is 13.4. The number of pyridine rings is 1. The molecule has 0 aliphatic carbocycles. The van der Waals surface area contributed by atoms with Crippen molar-refractivity contribution in [3.05, 3.63) is 52.9 Å². The molecule has 2 N–H and O–H groups in total. The first-order chi connectivity index (χ1) is 9.52. The largest absolute Gasteiger partial charge is 0.505 e. The second-order valence-electron chi connectivity index (χ2n) is 4.14. The Kier molecular flexibility index (Phi) is 4.05. The van der Waals surface area contributed by atoms with Crippen molar-refractivity contribution in [2.24, 2.45) is 4.99 Å². The van der Waals surface area contributed by atoms with E-state index in [9.17, 15) is 19.0 Å². The second kappa shape index (κ2) is 5.75. The van der Waals surface area contributed by atoms with Gasteiger partial charge in [-0.3, -0.25) is 9.98 Å². The number of hydrogen-bond acceptors (Lipinski definition) is 4. The number of aliphatic hydroxyl groups excluding tert-OH is 1. The molecule has 0 radical (unpaired) electrons. The lowest BCUT2D eigenvalue weighted by Gasteiger charge is -2.07. The number of aromatic nitrogens is 1.